The molecule has 0 radical (unpaired) electrons. The predicted octanol–water partition coefficient (Wildman–Crippen LogP) is 4.08. The number of rotatable bonds is 1. The minimum Gasteiger partial charge on any atom is -0.385 e. The Morgan fingerprint density at radius 2 is 1.94 bits per heavy atom. The van der Waals surface area contributed by atoms with E-state index in [1.165, 1.54) is 0 Å². The molecule has 0 aromatic carbocycles. The Kier molecular flexibility index (Phi) is 3.88. The maximum absolute atomic E-state index is 10.5. The Labute approximate surface area is 103 Å². The third-order valence-corrected chi connectivity index (χ3v) is 3.78. The standard InChI is InChI=1S/C14H19ClO/c15-13-8-4-2-1-3-7-12(11-13)14(16)9-5-6-10-14/h1,3,7,11,16H,2,4-6,8-10H2/b3-1-,12-7+,13-11+. The zero-order valence-corrected chi connectivity index (χ0v) is 10.3. The molecule has 1 fully saturated rings. The van der Waals surface area contributed by atoms with Crippen molar-refractivity contribution in [1.82, 2.24) is 0 Å². The lowest BCUT2D eigenvalue weighted by Gasteiger charge is -2.24. The van der Waals surface area contributed by atoms with Gasteiger partial charge in [0.25, 0.3) is 0 Å². The number of hydrogen-bond donors (Lipinski definition) is 1. The molecule has 1 nitrogen and oxygen atoms in total. The molecule has 1 saturated carbocycles. The third-order valence-electron chi connectivity index (χ3n) is 3.48. The van der Waals surface area contributed by atoms with E-state index < -0.39 is 5.60 Å². The van der Waals surface area contributed by atoms with Crippen LogP contribution in [0.4, 0.5) is 0 Å². The van der Waals surface area contributed by atoms with Crippen LogP contribution in [-0.4, -0.2) is 10.7 Å². The van der Waals surface area contributed by atoms with Gasteiger partial charge in [0.15, 0.2) is 0 Å². The van der Waals surface area contributed by atoms with Crippen molar-refractivity contribution in [2.75, 3.05) is 0 Å². The van der Waals surface area contributed by atoms with Crippen LogP contribution in [0.15, 0.2) is 34.9 Å². The van der Waals surface area contributed by atoms with E-state index in [2.05, 4.69) is 12.2 Å². The lowest BCUT2D eigenvalue weighted by molar-refractivity contribution is 0.0900. The van der Waals surface area contributed by atoms with Gasteiger partial charge in [0.2, 0.25) is 0 Å². The van der Waals surface area contributed by atoms with Crippen molar-refractivity contribution >= 4 is 11.6 Å². The van der Waals surface area contributed by atoms with Crippen LogP contribution in [-0.2, 0) is 0 Å². The fourth-order valence-corrected chi connectivity index (χ4v) is 2.73. The van der Waals surface area contributed by atoms with Gasteiger partial charge in [-0.15, -0.1) is 0 Å². The average molecular weight is 239 g/mol. The minimum absolute atomic E-state index is 0.630. The number of halogens is 1. The van der Waals surface area contributed by atoms with Gasteiger partial charge >= 0.3 is 0 Å². The molecule has 2 rings (SSSR count). The van der Waals surface area contributed by atoms with Crippen molar-refractivity contribution in [2.45, 2.75) is 50.5 Å². The van der Waals surface area contributed by atoms with Crippen molar-refractivity contribution in [3.05, 3.63) is 34.9 Å². The first-order valence-electron chi connectivity index (χ1n) is 6.16. The van der Waals surface area contributed by atoms with Gasteiger partial charge in [0.1, 0.15) is 0 Å². The SMILES string of the molecule is OC1(C2=C/C=C\CCC/C(Cl)=C\2)CCCC1. The van der Waals surface area contributed by atoms with Gasteiger partial charge in [0, 0.05) is 5.03 Å². The van der Waals surface area contributed by atoms with Gasteiger partial charge in [0.05, 0.1) is 5.60 Å². The molecule has 2 heteroatoms. The monoisotopic (exact) mass is 238 g/mol. The van der Waals surface area contributed by atoms with Crippen LogP contribution in [0.2, 0.25) is 0 Å². The van der Waals surface area contributed by atoms with Crippen molar-refractivity contribution < 1.29 is 5.11 Å². The summed E-state index contributed by atoms with van der Waals surface area (Å²) in [5, 5.41) is 11.4. The first-order chi connectivity index (χ1) is 7.71. The van der Waals surface area contributed by atoms with Crippen molar-refractivity contribution in [3.63, 3.8) is 0 Å². The van der Waals surface area contributed by atoms with Crippen molar-refractivity contribution in [3.8, 4) is 0 Å². The van der Waals surface area contributed by atoms with E-state index in [0.29, 0.717) is 0 Å². The molecule has 0 heterocycles. The summed E-state index contributed by atoms with van der Waals surface area (Å²) in [6.07, 6.45) is 15.2. The molecule has 0 spiro atoms. The van der Waals surface area contributed by atoms with Crippen molar-refractivity contribution in [2.24, 2.45) is 0 Å². The summed E-state index contributed by atoms with van der Waals surface area (Å²) in [6, 6.07) is 0. The Balaban J connectivity index is 2.27. The topological polar surface area (TPSA) is 20.2 Å². The largest absolute Gasteiger partial charge is 0.385 e. The minimum atomic E-state index is -0.630. The summed E-state index contributed by atoms with van der Waals surface area (Å²) in [5.74, 6) is 0. The van der Waals surface area contributed by atoms with E-state index in [4.69, 9.17) is 11.6 Å². The lowest BCUT2D eigenvalue weighted by Crippen LogP contribution is -2.26. The summed E-state index contributed by atoms with van der Waals surface area (Å²) < 4.78 is 0. The second-order valence-corrected chi connectivity index (χ2v) is 5.26. The molecule has 16 heavy (non-hydrogen) atoms. The highest BCUT2D eigenvalue weighted by molar-refractivity contribution is 6.29. The van der Waals surface area contributed by atoms with E-state index in [1.54, 1.807) is 0 Å². The summed E-state index contributed by atoms with van der Waals surface area (Å²) in [5.41, 5.74) is 0.364. The van der Waals surface area contributed by atoms with Crippen LogP contribution in [0.3, 0.4) is 0 Å². The van der Waals surface area contributed by atoms with Gasteiger partial charge in [-0.1, -0.05) is 42.7 Å². The molecule has 2 aliphatic rings. The van der Waals surface area contributed by atoms with E-state index >= 15 is 0 Å². The quantitative estimate of drug-likeness (QED) is 0.730. The number of allylic oxidation sites excluding steroid dienone is 4. The maximum Gasteiger partial charge on any atom is 0.0897 e. The second kappa shape index (κ2) is 5.20. The Bertz CT molecular complexity index is 333. The normalized spacial score (nSPS) is 33.9. The summed E-state index contributed by atoms with van der Waals surface area (Å²) >= 11 is 6.18. The third kappa shape index (κ3) is 2.78. The predicted molar refractivity (Wildman–Crippen MR) is 68.4 cm³/mol. The zero-order chi connectivity index (χ0) is 11.4. The van der Waals surface area contributed by atoms with E-state index in [-0.39, 0.29) is 0 Å². The van der Waals surface area contributed by atoms with E-state index in [0.717, 1.165) is 55.6 Å². The Hall–Kier alpha value is -0.530. The highest BCUT2D eigenvalue weighted by atomic mass is 35.5. The molecule has 88 valence electrons. The van der Waals surface area contributed by atoms with Crippen LogP contribution < -0.4 is 0 Å². The molecule has 0 atom stereocenters. The van der Waals surface area contributed by atoms with Gasteiger partial charge in [-0.2, -0.15) is 0 Å². The molecule has 1 N–H and O–H groups in total. The van der Waals surface area contributed by atoms with Crippen LogP contribution in [0.25, 0.3) is 0 Å². The maximum atomic E-state index is 10.5. The highest BCUT2D eigenvalue weighted by Gasteiger charge is 2.33. The molecule has 0 saturated heterocycles. The summed E-state index contributed by atoms with van der Waals surface area (Å²) in [7, 11) is 0. The number of hydrogen-bond acceptors (Lipinski definition) is 1. The van der Waals surface area contributed by atoms with Crippen LogP contribution in [0.1, 0.15) is 44.9 Å². The van der Waals surface area contributed by atoms with Crippen molar-refractivity contribution in [1.29, 1.82) is 0 Å². The molecule has 0 unspecified atom stereocenters. The molecule has 2 aliphatic carbocycles. The van der Waals surface area contributed by atoms with Crippen LogP contribution >= 0.6 is 11.6 Å². The Morgan fingerprint density at radius 1 is 1.19 bits per heavy atom. The average Bonchev–Trinajstić information content (AvgIpc) is 2.71. The smallest absolute Gasteiger partial charge is 0.0897 e. The van der Waals surface area contributed by atoms with Gasteiger partial charge in [-0.25, -0.2) is 0 Å². The van der Waals surface area contributed by atoms with E-state index in [1.807, 2.05) is 12.2 Å². The summed E-state index contributed by atoms with van der Waals surface area (Å²) in [4.78, 5) is 0. The van der Waals surface area contributed by atoms with E-state index in [9.17, 15) is 5.11 Å². The molecule has 0 amide bonds. The van der Waals surface area contributed by atoms with Gasteiger partial charge < -0.3 is 5.11 Å². The second-order valence-electron chi connectivity index (χ2n) is 4.77. The molecule has 0 bridgehead atoms. The summed E-state index contributed by atoms with van der Waals surface area (Å²) in [6.45, 7) is 0. The van der Waals surface area contributed by atoms with Gasteiger partial charge in [-0.05, 0) is 43.8 Å². The molecular weight excluding hydrogens is 220 g/mol. The first kappa shape index (κ1) is 11.9. The first-order valence-corrected chi connectivity index (χ1v) is 6.54. The van der Waals surface area contributed by atoms with Gasteiger partial charge in [-0.3, -0.25) is 0 Å². The molecular formula is C14H19ClO. The molecule has 0 aliphatic heterocycles. The fourth-order valence-electron chi connectivity index (χ4n) is 2.48. The zero-order valence-electron chi connectivity index (χ0n) is 9.58. The lowest BCUT2D eigenvalue weighted by atomic mass is 9.91. The molecule has 0 aromatic rings. The fraction of sp³-hybridized carbons (Fsp3) is 0.571. The molecule has 0 aromatic heterocycles. The Morgan fingerprint density at radius 3 is 2.69 bits per heavy atom. The van der Waals surface area contributed by atoms with Crippen LogP contribution in [0, 0.1) is 0 Å². The highest BCUT2D eigenvalue weighted by Crippen LogP contribution is 2.37. The number of aliphatic hydroxyl groups is 1. The van der Waals surface area contributed by atoms with Crippen LogP contribution in [0.5, 0.6) is 0 Å².